The number of piperazine rings is 1. The van der Waals surface area contributed by atoms with E-state index in [4.69, 9.17) is 11.6 Å². The van der Waals surface area contributed by atoms with Crippen molar-refractivity contribution in [2.75, 3.05) is 32.7 Å². The number of hydrogen-bond acceptors (Lipinski definition) is 3. The SMILES string of the molecule is O=S(=O)(c1ccccc1Cl)N1CCN(CCc2ccc(F)cc2)CC1. The number of rotatable bonds is 5. The molecule has 0 saturated carbocycles. The van der Waals surface area contributed by atoms with Gasteiger partial charge in [0.15, 0.2) is 0 Å². The van der Waals surface area contributed by atoms with Crippen LogP contribution in [0.2, 0.25) is 5.02 Å². The van der Waals surface area contributed by atoms with Crippen molar-refractivity contribution < 1.29 is 12.8 Å². The number of hydrogen-bond donors (Lipinski definition) is 0. The summed E-state index contributed by atoms with van der Waals surface area (Å²) in [6.07, 6.45) is 0.817. The molecule has 0 N–H and O–H groups in total. The highest BCUT2D eigenvalue weighted by Gasteiger charge is 2.29. The molecule has 1 aliphatic heterocycles. The smallest absolute Gasteiger partial charge is 0.244 e. The first kappa shape index (κ1) is 18.3. The molecule has 0 aliphatic carbocycles. The first-order valence-corrected chi connectivity index (χ1v) is 10.00. The zero-order valence-electron chi connectivity index (χ0n) is 13.7. The van der Waals surface area contributed by atoms with Crippen LogP contribution < -0.4 is 0 Å². The Morgan fingerprint density at radius 3 is 2.24 bits per heavy atom. The standard InChI is InChI=1S/C18H20ClFN2O2S/c19-17-3-1-2-4-18(17)25(23,24)22-13-11-21(12-14-22)10-9-15-5-7-16(20)8-6-15/h1-8H,9-14H2. The summed E-state index contributed by atoms with van der Waals surface area (Å²) in [6.45, 7) is 3.05. The van der Waals surface area contributed by atoms with E-state index in [1.807, 2.05) is 0 Å². The van der Waals surface area contributed by atoms with Crippen LogP contribution in [0.15, 0.2) is 53.4 Å². The number of sulfonamides is 1. The molecule has 4 nitrogen and oxygen atoms in total. The van der Waals surface area contributed by atoms with E-state index in [2.05, 4.69) is 4.90 Å². The molecular weight excluding hydrogens is 363 g/mol. The molecular formula is C18H20ClFN2O2S. The lowest BCUT2D eigenvalue weighted by Gasteiger charge is -2.34. The van der Waals surface area contributed by atoms with Crippen LogP contribution in [-0.2, 0) is 16.4 Å². The van der Waals surface area contributed by atoms with E-state index in [-0.39, 0.29) is 15.7 Å². The zero-order chi connectivity index (χ0) is 17.9. The van der Waals surface area contributed by atoms with E-state index in [0.29, 0.717) is 26.2 Å². The van der Waals surface area contributed by atoms with E-state index in [1.54, 1.807) is 36.4 Å². The van der Waals surface area contributed by atoms with Gasteiger partial charge in [-0.2, -0.15) is 4.31 Å². The molecule has 1 fully saturated rings. The molecule has 0 bridgehead atoms. The Bertz CT molecular complexity index is 819. The van der Waals surface area contributed by atoms with Gasteiger partial charge in [0, 0.05) is 32.7 Å². The van der Waals surface area contributed by atoms with Gasteiger partial charge in [0.25, 0.3) is 0 Å². The van der Waals surface area contributed by atoms with Crippen LogP contribution in [0.1, 0.15) is 5.56 Å². The molecule has 1 saturated heterocycles. The molecule has 2 aromatic carbocycles. The maximum atomic E-state index is 12.9. The second kappa shape index (κ2) is 7.83. The van der Waals surface area contributed by atoms with Gasteiger partial charge in [-0.1, -0.05) is 35.9 Å². The lowest BCUT2D eigenvalue weighted by Crippen LogP contribution is -2.49. The first-order valence-electron chi connectivity index (χ1n) is 8.18. The topological polar surface area (TPSA) is 40.6 Å². The van der Waals surface area contributed by atoms with E-state index in [0.717, 1.165) is 18.5 Å². The van der Waals surface area contributed by atoms with Gasteiger partial charge < -0.3 is 4.90 Å². The minimum Gasteiger partial charge on any atom is -0.300 e. The van der Waals surface area contributed by atoms with Crippen molar-refractivity contribution >= 4 is 21.6 Å². The van der Waals surface area contributed by atoms with Gasteiger partial charge in [0.05, 0.1) is 5.02 Å². The predicted octanol–water partition coefficient (Wildman–Crippen LogP) is 3.03. The van der Waals surface area contributed by atoms with Gasteiger partial charge in [0.2, 0.25) is 10.0 Å². The summed E-state index contributed by atoms with van der Waals surface area (Å²) in [4.78, 5) is 2.39. The van der Waals surface area contributed by atoms with Crippen molar-refractivity contribution in [2.24, 2.45) is 0 Å². The summed E-state index contributed by atoms with van der Waals surface area (Å²) in [5.41, 5.74) is 1.08. The third-order valence-corrected chi connectivity index (χ3v) is 6.81. The molecule has 1 heterocycles. The molecule has 0 spiro atoms. The molecule has 0 aromatic heterocycles. The second-order valence-corrected chi connectivity index (χ2v) is 8.37. The lowest BCUT2D eigenvalue weighted by atomic mass is 10.1. The van der Waals surface area contributed by atoms with Crippen LogP contribution in [0, 0.1) is 5.82 Å². The van der Waals surface area contributed by atoms with E-state index >= 15 is 0 Å². The maximum Gasteiger partial charge on any atom is 0.244 e. The molecule has 25 heavy (non-hydrogen) atoms. The molecule has 3 rings (SSSR count). The van der Waals surface area contributed by atoms with Crippen LogP contribution in [0.25, 0.3) is 0 Å². The minimum atomic E-state index is -3.55. The zero-order valence-corrected chi connectivity index (χ0v) is 15.3. The Balaban J connectivity index is 1.56. The monoisotopic (exact) mass is 382 g/mol. The molecule has 0 amide bonds. The largest absolute Gasteiger partial charge is 0.300 e. The third kappa shape index (κ3) is 4.39. The Kier molecular flexibility index (Phi) is 5.74. The summed E-state index contributed by atoms with van der Waals surface area (Å²) in [5, 5.41) is 0.251. The van der Waals surface area contributed by atoms with Crippen molar-refractivity contribution in [1.29, 1.82) is 0 Å². The average molecular weight is 383 g/mol. The van der Waals surface area contributed by atoms with Crippen LogP contribution >= 0.6 is 11.6 Å². The highest BCUT2D eigenvalue weighted by atomic mass is 35.5. The molecule has 7 heteroatoms. The fraction of sp³-hybridized carbons (Fsp3) is 0.333. The highest BCUT2D eigenvalue weighted by Crippen LogP contribution is 2.25. The third-order valence-electron chi connectivity index (χ3n) is 4.42. The van der Waals surface area contributed by atoms with Crippen molar-refractivity contribution in [3.63, 3.8) is 0 Å². The summed E-state index contributed by atoms with van der Waals surface area (Å²) in [7, 11) is -3.55. The van der Waals surface area contributed by atoms with Crippen LogP contribution in [0.4, 0.5) is 4.39 Å². The average Bonchev–Trinajstić information content (AvgIpc) is 2.62. The fourth-order valence-corrected chi connectivity index (χ4v) is 4.84. The number of nitrogens with zero attached hydrogens (tertiary/aromatic N) is 2. The van der Waals surface area contributed by atoms with Crippen LogP contribution in [0.5, 0.6) is 0 Å². The normalized spacial score (nSPS) is 16.9. The van der Waals surface area contributed by atoms with Crippen LogP contribution in [0.3, 0.4) is 0 Å². The Morgan fingerprint density at radius 2 is 1.60 bits per heavy atom. The number of halogens is 2. The second-order valence-electron chi connectivity index (χ2n) is 6.05. The van der Waals surface area contributed by atoms with Crippen molar-refractivity contribution in [3.8, 4) is 0 Å². The van der Waals surface area contributed by atoms with Gasteiger partial charge in [-0.15, -0.1) is 0 Å². The summed E-state index contributed by atoms with van der Waals surface area (Å²) in [6, 6.07) is 13.0. The first-order chi connectivity index (χ1) is 12.0. The quantitative estimate of drug-likeness (QED) is 0.798. The van der Waals surface area contributed by atoms with E-state index in [9.17, 15) is 12.8 Å². The molecule has 1 aliphatic rings. The van der Waals surface area contributed by atoms with E-state index in [1.165, 1.54) is 16.4 Å². The highest BCUT2D eigenvalue weighted by molar-refractivity contribution is 7.89. The maximum absolute atomic E-state index is 12.9. The summed E-state index contributed by atoms with van der Waals surface area (Å²) < 4.78 is 39.8. The van der Waals surface area contributed by atoms with E-state index < -0.39 is 10.0 Å². The predicted molar refractivity (Wildman–Crippen MR) is 96.8 cm³/mol. The van der Waals surface area contributed by atoms with Gasteiger partial charge in [-0.05, 0) is 36.2 Å². The van der Waals surface area contributed by atoms with Gasteiger partial charge in [-0.3, -0.25) is 0 Å². The molecule has 0 radical (unpaired) electrons. The fourth-order valence-electron chi connectivity index (χ4n) is 2.92. The summed E-state index contributed by atoms with van der Waals surface area (Å²) in [5.74, 6) is -0.234. The summed E-state index contributed by atoms with van der Waals surface area (Å²) >= 11 is 6.04. The minimum absolute atomic E-state index is 0.163. The Hall–Kier alpha value is -1.47. The van der Waals surface area contributed by atoms with Crippen LogP contribution in [-0.4, -0.2) is 50.3 Å². The van der Waals surface area contributed by atoms with Crippen molar-refractivity contribution in [3.05, 3.63) is 64.9 Å². The van der Waals surface area contributed by atoms with Gasteiger partial charge in [-0.25, -0.2) is 12.8 Å². The van der Waals surface area contributed by atoms with Gasteiger partial charge >= 0.3 is 0 Å². The Labute approximate surface area is 152 Å². The molecule has 2 aromatic rings. The van der Waals surface area contributed by atoms with Crippen molar-refractivity contribution in [1.82, 2.24) is 9.21 Å². The number of benzene rings is 2. The lowest BCUT2D eigenvalue weighted by molar-refractivity contribution is 0.190. The van der Waals surface area contributed by atoms with Crippen molar-refractivity contribution in [2.45, 2.75) is 11.3 Å². The molecule has 0 atom stereocenters. The Morgan fingerprint density at radius 1 is 0.960 bits per heavy atom. The molecule has 134 valence electrons. The molecule has 0 unspecified atom stereocenters. The van der Waals surface area contributed by atoms with Gasteiger partial charge in [0.1, 0.15) is 10.7 Å².